The average Bonchev–Trinajstić information content (AvgIpc) is 3.24. The Labute approximate surface area is 157 Å². The van der Waals surface area contributed by atoms with Crippen LogP contribution in [0.2, 0.25) is 0 Å². The Bertz CT molecular complexity index is 1120. The lowest BCUT2D eigenvalue weighted by Crippen LogP contribution is -2.11. The van der Waals surface area contributed by atoms with E-state index in [2.05, 4.69) is 55.6 Å². The van der Waals surface area contributed by atoms with Crippen molar-refractivity contribution < 1.29 is 0 Å². The standard InChI is InChI=1S/C19H15BrN4S/c1-21-19-24(18(12-25-19)13-5-3-2-4-6-13)23-11-14-10-22-17-8-7-15(20)9-16(14)17/h2-12,22H,1H3. The summed E-state index contributed by atoms with van der Waals surface area (Å²) in [6.45, 7) is 0. The molecule has 0 aliphatic carbocycles. The summed E-state index contributed by atoms with van der Waals surface area (Å²) in [7, 11) is 1.79. The van der Waals surface area contributed by atoms with Gasteiger partial charge in [-0.15, -0.1) is 11.3 Å². The molecule has 6 heteroatoms. The Morgan fingerprint density at radius 1 is 1.16 bits per heavy atom. The molecule has 0 bridgehead atoms. The number of halogens is 1. The van der Waals surface area contributed by atoms with Crippen molar-refractivity contribution in [3.8, 4) is 11.3 Å². The Balaban J connectivity index is 1.81. The van der Waals surface area contributed by atoms with Gasteiger partial charge in [-0.3, -0.25) is 4.99 Å². The molecule has 0 saturated heterocycles. The SMILES string of the molecule is CN=c1scc(-c2ccccc2)n1N=Cc1c[nH]c2ccc(Br)cc12. The zero-order valence-electron chi connectivity index (χ0n) is 13.5. The van der Waals surface area contributed by atoms with E-state index < -0.39 is 0 Å². The zero-order valence-corrected chi connectivity index (χ0v) is 15.9. The van der Waals surface area contributed by atoms with Crippen molar-refractivity contribution in [1.29, 1.82) is 0 Å². The van der Waals surface area contributed by atoms with Crippen LogP contribution in [-0.4, -0.2) is 22.9 Å². The molecule has 0 atom stereocenters. The van der Waals surface area contributed by atoms with E-state index in [1.165, 1.54) is 0 Å². The minimum absolute atomic E-state index is 0.858. The molecule has 4 aromatic rings. The predicted molar refractivity (Wildman–Crippen MR) is 108 cm³/mol. The minimum Gasteiger partial charge on any atom is -0.361 e. The summed E-state index contributed by atoms with van der Waals surface area (Å²) in [5.74, 6) is 0. The second kappa shape index (κ2) is 6.82. The number of hydrogen-bond acceptors (Lipinski definition) is 3. The molecule has 4 rings (SSSR count). The number of rotatable bonds is 3. The normalized spacial score (nSPS) is 12.5. The third-order valence-corrected chi connectivity index (χ3v) is 5.33. The molecular weight excluding hydrogens is 396 g/mol. The summed E-state index contributed by atoms with van der Waals surface area (Å²) in [6, 6.07) is 16.4. The molecule has 0 aliphatic heterocycles. The van der Waals surface area contributed by atoms with Crippen molar-refractivity contribution in [1.82, 2.24) is 9.66 Å². The fraction of sp³-hybridized carbons (Fsp3) is 0.0526. The molecule has 4 nitrogen and oxygen atoms in total. The van der Waals surface area contributed by atoms with Gasteiger partial charge in [0, 0.05) is 45.1 Å². The van der Waals surface area contributed by atoms with Crippen LogP contribution in [0, 0.1) is 0 Å². The summed E-state index contributed by atoms with van der Waals surface area (Å²) >= 11 is 5.11. The zero-order chi connectivity index (χ0) is 17.2. The highest BCUT2D eigenvalue weighted by Crippen LogP contribution is 2.22. The summed E-state index contributed by atoms with van der Waals surface area (Å²) in [5.41, 5.74) is 4.27. The number of fused-ring (bicyclic) bond motifs is 1. The van der Waals surface area contributed by atoms with E-state index in [1.54, 1.807) is 18.4 Å². The highest BCUT2D eigenvalue weighted by Gasteiger charge is 2.07. The van der Waals surface area contributed by atoms with Crippen molar-refractivity contribution in [3.63, 3.8) is 0 Å². The van der Waals surface area contributed by atoms with E-state index in [1.807, 2.05) is 41.4 Å². The molecule has 0 amide bonds. The van der Waals surface area contributed by atoms with Gasteiger partial charge in [0.2, 0.25) is 4.80 Å². The van der Waals surface area contributed by atoms with Crippen LogP contribution in [0.15, 0.2) is 74.7 Å². The largest absolute Gasteiger partial charge is 0.361 e. The van der Waals surface area contributed by atoms with Crippen molar-refractivity contribution in [3.05, 3.63) is 74.9 Å². The lowest BCUT2D eigenvalue weighted by atomic mass is 10.2. The summed E-state index contributed by atoms with van der Waals surface area (Å²) < 4.78 is 2.93. The molecule has 0 saturated carbocycles. The molecule has 25 heavy (non-hydrogen) atoms. The van der Waals surface area contributed by atoms with Gasteiger partial charge in [-0.1, -0.05) is 46.3 Å². The van der Waals surface area contributed by atoms with Gasteiger partial charge in [0.1, 0.15) is 0 Å². The van der Waals surface area contributed by atoms with Crippen LogP contribution in [0.1, 0.15) is 5.56 Å². The smallest absolute Gasteiger partial charge is 0.205 e. The number of nitrogens with zero attached hydrogens (tertiary/aromatic N) is 3. The lowest BCUT2D eigenvalue weighted by Gasteiger charge is -2.02. The maximum absolute atomic E-state index is 4.71. The lowest BCUT2D eigenvalue weighted by molar-refractivity contribution is 0.848. The van der Waals surface area contributed by atoms with E-state index in [0.717, 1.165) is 37.0 Å². The number of benzene rings is 2. The number of thiazole rings is 1. The topological polar surface area (TPSA) is 45.4 Å². The fourth-order valence-corrected chi connectivity index (χ4v) is 3.88. The van der Waals surface area contributed by atoms with Gasteiger partial charge >= 0.3 is 0 Å². The molecule has 2 aromatic carbocycles. The van der Waals surface area contributed by atoms with Gasteiger partial charge in [0.05, 0.1) is 11.9 Å². The van der Waals surface area contributed by atoms with E-state index in [-0.39, 0.29) is 0 Å². The molecule has 2 heterocycles. The molecule has 1 N–H and O–H groups in total. The maximum atomic E-state index is 4.71. The first kappa shape index (κ1) is 16.1. The Morgan fingerprint density at radius 2 is 2.00 bits per heavy atom. The number of H-pyrrole nitrogens is 1. The van der Waals surface area contributed by atoms with Crippen LogP contribution in [0.4, 0.5) is 0 Å². The Kier molecular flexibility index (Phi) is 4.38. The van der Waals surface area contributed by atoms with E-state index in [9.17, 15) is 0 Å². The molecule has 124 valence electrons. The average molecular weight is 411 g/mol. The highest BCUT2D eigenvalue weighted by molar-refractivity contribution is 9.10. The first-order chi connectivity index (χ1) is 12.3. The van der Waals surface area contributed by atoms with Crippen molar-refractivity contribution in [2.75, 3.05) is 7.05 Å². The summed E-state index contributed by atoms with van der Waals surface area (Å²) in [6.07, 6.45) is 3.84. The first-order valence-electron chi connectivity index (χ1n) is 7.76. The van der Waals surface area contributed by atoms with Crippen LogP contribution in [-0.2, 0) is 0 Å². The third kappa shape index (κ3) is 3.10. The number of hydrogen-bond donors (Lipinski definition) is 1. The van der Waals surface area contributed by atoms with Gasteiger partial charge in [-0.05, 0) is 18.2 Å². The number of aromatic amines is 1. The van der Waals surface area contributed by atoms with Gasteiger partial charge in [0.15, 0.2) is 0 Å². The Morgan fingerprint density at radius 3 is 2.80 bits per heavy atom. The van der Waals surface area contributed by atoms with E-state index in [0.29, 0.717) is 0 Å². The van der Waals surface area contributed by atoms with E-state index in [4.69, 9.17) is 5.10 Å². The van der Waals surface area contributed by atoms with Gasteiger partial charge in [-0.25, -0.2) is 4.68 Å². The molecule has 2 aromatic heterocycles. The van der Waals surface area contributed by atoms with Crippen LogP contribution >= 0.6 is 27.3 Å². The molecule has 0 spiro atoms. The Hall–Kier alpha value is -2.44. The maximum Gasteiger partial charge on any atom is 0.205 e. The monoisotopic (exact) mass is 410 g/mol. The van der Waals surface area contributed by atoms with Crippen LogP contribution in [0.3, 0.4) is 0 Å². The second-order valence-electron chi connectivity index (χ2n) is 5.48. The van der Waals surface area contributed by atoms with Crippen LogP contribution < -0.4 is 4.80 Å². The number of aromatic nitrogens is 2. The van der Waals surface area contributed by atoms with Crippen LogP contribution in [0.25, 0.3) is 22.2 Å². The predicted octanol–water partition coefficient (Wildman–Crippen LogP) is 4.87. The summed E-state index contributed by atoms with van der Waals surface area (Å²) in [4.78, 5) is 8.48. The second-order valence-corrected chi connectivity index (χ2v) is 7.24. The van der Waals surface area contributed by atoms with Crippen molar-refractivity contribution in [2.45, 2.75) is 0 Å². The minimum atomic E-state index is 0.858. The van der Waals surface area contributed by atoms with E-state index >= 15 is 0 Å². The molecule has 0 aliphatic rings. The molecule has 0 fully saturated rings. The quantitative estimate of drug-likeness (QED) is 0.468. The van der Waals surface area contributed by atoms with Gasteiger partial charge in [-0.2, -0.15) is 5.10 Å². The number of nitrogens with one attached hydrogen (secondary N) is 1. The van der Waals surface area contributed by atoms with Crippen molar-refractivity contribution in [2.24, 2.45) is 10.1 Å². The molecule has 0 unspecified atom stereocenters. The summed E-state index contributed by atoms with van der Waals surface area (Å²) in [5, 5.41) is 7.92. The van der Waals surface area contributed by atoms with Gasteiger partial charge in [0.25, 0.3) is 0 Å². The van der Waals surface area contributed by atoms with Crippen molar-refractivity contribution >= 4 is 44.4 Å². The fourth-order valence-electron chi connectivity index (χ4n) is 2.71. The van der Waals surface area contributed by atoms with Crippen LogP contribution in [0.5, 0.6) is 0 Å². The third-order valence-electron chi connectivity index (χ3n) is 3.93. The first-order valence-corrected chi connectivity index (χ1v) is 9.43. The molecular formula is C19H15BrN4S. The molecule has 0 radical (unpaired) electrons. The van der Waals surface area contributed by atoms with Gasteiger partial charge < -0.3 is 4.98 Å². The highest BCUT2D eigenvalue weighted by atomic mass is 79.9.